The van der Waals surface area contributed by atoms with Gasteiger partial charge in [0.05, 0.1) is 11.1 Å². The first-order valence-corrected chi connectivity index (χ1v) is 8.64. The van der Waals surface area contributed by atoms with Crippen molar-refractivity contribution in [2.75, 3.05) is 0 Å². The Morgan fingerprint density at radius 1 is 0.594 bits per heavy atom. The molecule has 2 aromatic heterocycles. The summed E-state index contributed by atoms with van der Waals surface area (Å²) in [5.41, 5.74) is -3.07. The lowest BCUT2D eigenvalue weighted by atomic mass is 9.94. The Hall–Kier alpha value is -4.32. The molecule has 2 heterocycles. The molecule has 156 valence electrons. The molecule has 0 spiro atoms. The third-order valence-electron chi connectivity index (χ3n) is 4.98. The first-order valence-electron chi connectivity index (χ1n) is 8.64. The van der Waals surface area contributed by atoms with Crippen LogP contribution in [0.2, 0.25) is 0 Å². The van der Waals surface area contributed by atoms with Crippen molar-refractivity contribution < 1.29 is 26.3 Å². The van der Waals surface area contributed by atoms with Crippen molar-refractivity contribution in [3.05, 3.63) is 58.2 Å². The Morgan fingerprint density at radius 2 is 1.00 bits per heavy atom. The molecule has 0 saturated carbocycles. The van der Waals surface area contributed by atoms with E-state index in [1.165, 1.54) is 0 Å². The van der Waals surface area contributed by atoms with Crippen LogP contribution in [0.1, 0.15) is 11.1 Å². The second-order valence-corrected chi connectivity index (χ2v) is 6.73. The molecule has 0 amide bonds. The maximum Gasteiger partial charge on any atom is 0.417 e. The lowest BCUT2D eigenvalue weighted by Gasteiger charge is -2.17. The second kappa shape index (κ2) is 6.11. The monoisotopic (exact) mass is 442 g/mol. The Balaban J connectivity index is 1.93. The highest BCUT2D eigenvalue weighted by Gasteiger charge is 2.42. The predicted molar refractivity (Wildman–Crippen MR) is 99.6 cm³/mol. The van der Waals surface area contributed by atoms with Crippen molar-refractivity contribution in [3.8, 4) is 22.5 Å². The molecule has 0 bridgehead atoms. The minimum absolute atomic E-state index is 0.0198. The standard InChI is InChI=1S/C20H4F6N6/c1-27-15-16(28-2)32-18-17(31-15)29-13-7-3-5-9(19(21,22)23)12-10(20(24,25)26)6-4-8(11(7)12)14(13)30-18/h3-6H. The van der Waals surface area contributed by atoms with Gasteiger partial charge in [-0.2, -0.15) is 36.3 Å². The summed E-state index contributed by atoms with van der Waals surface area (Å²) in [5.74, 6) is -0.677. The van der Waals surface area contributed by atoms with Gasteiger partial charge < -0.3 is 9.69 Å². The highest BCUT2D eigenvalue weighted by atomic mass is 19.4. The molecule has 32 heavy (non-hydrogen) atoms. The first kappa shape index (κ1) is 19.6. The van der Waals surface area contributed by atoms with Gasteiger partial charge in [-0.3, -0.25) is 0 Å². The van der Waals surface area contributed by atoms with Crippen molar-refractivity contribution in [1.82, 2.24) is 19.9 Å². The number of hydrogen-bond acceptors (Lipinski definition) is 4. The molecule has 4 aromatic rings. The Morgan fingerprint density at radius 3 is 1.34 bits per heavy atom. The van der Waals surface area contributed by atoms with Gasteiger partial charge in [0, 0.05) is 21.9 Å². The van der Waals surface area contributed by atoms with E-state index >= 15 is 0 Å². The molecule has 0 saturated heterocycles. The van der Waals surface area contributed by atoms with Crippen LogP contribution in [0.5, 0.6) is 0 Å². The zero-order valence-corrected chi connectivity index (χ0v) is 15.3. The SMILES string of the molecule is [C-]#[N+]c1nc2nc3c(nc2nc1[N+]#[C-])-c1ccc(C(F)(F)F)c2c(C(F)(F)F)ccc-3c12. The molecule has 6 nitrogen and oxygen atoms in total. The van der Waals surface area contributed by atoms with Gasteiger partial charge >= 0.3 is 23.6 Å². The molecule has 0 unspecified atom stereocenters. The number of aromatic nitrogens is 4. The first-order chi connectivity index (χ1) is 15.0. The lowest BCUT2D eigenvalue weighted by molar-refractivity contribution is -0.140. The van der Waals surface area contributed by atoms with Crippen LogP contribution in [0.25, 0.3) is 54.3 Å². The number of alkyl halides is 6. The van der Waals surface area contributed by atoms with Crippen LogP contribution in [-0.2, 0) is 12.4 Å². The number of fused-ring (bicyclic) bond motifs is 4. The van der Waals surface area contributed by atoms with Crippen molar-refractivity contribution in [2.45, 2.75) is 12.4 Å². The zero-order valence-electron chi connectivity index (χ0n) is 15.3. The lowest BCUT2D eigenvalue weighted by Crippen LogP contribution is -2.12. The Kier molecular flexibility index (Phi) is 3.75. The molecule has 0 N–H and O–H groups in total. The van der Waals surface area contributed by atoms with Crippen LogP contribution in [-0.4, -0.2) is 19.9 Å². The second-order valence-electron chi connectivity index (χ2n) is 6.73. The zero-order chi connectivity index (χ0) is 23.0. The molecule has 0 atom stereocenters. The maximum atomic E-state index is 13.6. The van der Waals surface area contributed by atoms with Crippen LogP contribution >= 0.6 is 0 Å². The molecule has 1 aliphatic rings. The van der Waals surface area contributed by atoms with Gasteiger partial charge in [0.15, 0.2) is 0 Å². The van der Waals surface area contributed by atoms with E-state index in [0.29, 0.717) is 12.1 Å². The van der Waals surface area contributed by atoms with Gasteiger partial charge in [-0.15, -0.1) is 9.97 Å². The van der Waals surface area contributed by atoms with Crippen LogP contribution in [0.4, 0.5) is 38.0 Å². The van der Waals surface area contributed by atoms with Crippen molar-refractivity contribution in [2.24, 2.45) is 0 Å². The van der Waals surface area contributed by atoms with Crippen molar-refractivity contribution in [3.63, 3.8) is 0 Å². The Labute approximate surface area is 173 Å². The summed E-state index contributed by atoms with van der Waals surface area (Å²) < 4.78 is 81.7. The number of halogens is 6. The summed E-state index contributed by atoms with van der Waals surface area (Å²) in [5, 5.41) is -1.27. The van der Waals surface area contributed by atoms with E-state index < -0.39 is 28.9 Å². The van der Waals surface area contributed by atoms with E-state index in [2.05, 4.69) is 29.6 Å². The van der Waals surface area contributed by atoms with Gasteiger partial charge in [0.2, 0.25) is 0 Å². The number of rotatable bonds is 0. The predicted octanol–water partition coefficient (Wildman–Crippen LogP) is 6.36. The van der Waals surface area contributed by atoms with E-state index in [0.717, 1.165) is 12.1 Å². The molecule has 12 heteroatoms. The molecular weight excluding hydrogens is 438 g/mol. The minimum atomic E-state index is -5.03. The molecule has 5 rings (SSSR count). The van der Waals surface area contributed by atoms with E-state index in [-0.39, 0.29) is 50.8 Å². The number of nitrogens with zero attached hydrogens (tertiary/aromatic N) is 6. The average Bonchev–Trinajstić information content (AvgIpc) is 3.04. The molecule has 1 aliphatic carbocycles. The van der Waals surface area contributed by atoms with Crippen LogP contribution in [0.3, 0.4) is 0 Å². The smallest absolute Gasteiger partial charge is 0.370 e. The molecular formula is C20H4F6N6. The minimum Gasteiger partial charge on any atom is -0.370 e. The summed E-state index contributed by atoms with van der Waals surface area (Å²) in [6.45, 7) is 14.2. The summed E-state index contributed by atoms with van der Waals surface area (Å²) in [6.07, 6.45) is -10.1. The van der Waals surface area contributed by atoms with Crippen LogP contribution in [0.15, 0.2) is 24.3 Å². The highest BCUT2D eigenvalue weighted by molar-refractivity contribution is 6.16. The van der Waals surface area contributed by atoms with Crippen molar-refractivity contribution in [1.29, 1.82) is 0 Å². The maximum absolute atomic E-state index is 13.6. The fraction of sp³-hybridized carbons (Fsp3) is 0.100. The molecule has 0 aliphatic heterocycles. The molecule has 2 aromatic carbocycles. The third kappa shape index (κ3) is 2.59. The van der Waals surface area contributed by atoms with E-state index in [1.807, 2.05) is 0 Å². The topological polar surface area (TPSA) is 60.3 Å². The fourth-order valence-corrected chi connectivity index (χ4v) is 3.76. The number of benzene rings is 2. The van der Waals surface area contributed by atoms with Gasteiger partial charge in [0.1, 0.15) is 11.4 Å². The average molecular weight is 442 g/mol. The Bertz CT molecular complexity index is 1460. The summed E-state index contributed by atoms with van der Waals surface area (Å²) in [7, 11) is 0. The van der Waals surface area contributed by atoms with E-state index in [4.69, 9.17) is 13.1 Å². The van der Waals surface area contributed by atoms with Gasteiger partial charge in [-0.05, 0) is 12.1 Å². The van der Waals surface area contributed by atoms with E-state index in [9.17, 15) is 26.3 Å². The summed E-state index contributed by atoms with van der Waals surface area (Å²) >= 11 is 0. The van der Waals surface area contributed by atoms with Gasteiger partial charge in [-0.25, -0.2) is 0 Å². The largest absolute Gasteiger partial charge is 0.417 e. The summed E-state index contributed by atoms with van der Waals surface area (Å²) in [6, 6.07) is 3.24. The van der Waals surface area contributed by atoms with Crippen LogP contribution < -0.4 is 0 Å². The van der Waals surface area contributed by atoms with Gasteiger partial charge in [0.25, 0.3) is 11.6 Å². The third-order valence-corrected chi connectivity index (χ3v) is 4.98. The number of hydrogen-bond donors (Lipinski definition) is 0. The molecule has 0 radical (unpaired) electrons. The van der Waals surface area contributed by atoms with Gasteiger partial charge in [-0.1, -0.05) is 25.3 Å². The summed E-state index contributed by atoms with van der Waals surface area (Å²) in [4.78, 5) is 22.4. The normalized spacial score (nSPS) is 12.6. The highest BCUT2D eigenvalue weighted by Crippen LogP contribution is 2.52. The van der Waals surface area contributed by atoms with Crippen LogP contribution in [0, 0.1) is 13.1 Å². The quantitative estimate of drug-likeness (QED) is 0.207. The molecule has 0 fully saturated rings. The van der Waals surface area contributed by atoms with E-state index in [1.54, 1.807) is 0 Å². The fourth-order valence-electron chi connectivity index (χ4n) is 3.76. The van der Waals surface area contributed by atoms with Crippen molar-refractivity contribution >= 4 is 33.7 Å².